The van der Waals surface area contributed by atoms with Gasteiger partial charge in [0.1, 0.15) is 5.75 Å². The van der Waals surface area contributed by atoms with Gasteiger partial charge in [0.25, 0.3) is 0 Å². The number of carboxylic acids is 1. The Morgan fingerprint density at radius 1 is 1.44 bits per heavy atom. The van der Waals surface area contributed by atoms with Crippen LogP contribution >= 0.6 is 11.8 Å². The number of carboxylic acid groups (broad SMARTS) is 1. The highest BCUT2D eigenvalue weighted by Crippen LogP contribution is 2.23. The summed E-state index contributed by atoms with van der Waals surface area (Å²) in [5.74, 6) is -0.518. The largest absolute Gasteiger partial charge is 0.495 e. The second-order valence-electron chi connectivity index (χ2n) is 3.54. The van der Waals surface area contributed by atoms with Crippen LogP contribution in [0.1, 0.15) is 6.92 Å². The number of carbonyl (C=O) groups excluding carboxylic acids is 1. The van der Waals surface area contributed by atoms with Crippen molar-refractivity contribution >= 4 is 29.3 Å². The van der Waals surface area contributed by atoms with E-state index in [0.717, 1.165) is 11.8 Å². The second kappa shape index (κ2) is 6.90. The van der Waals surface area contributed by atoms with E-state index in [1.54, 1.807) is 31.2 Å². The minimum absolute atomic E-state index is 0.0888. The predicted molar refractivity (Wildman–Crippen MR) is 71.2 cm³/mol. The zero-order chi connectivity index (χ0) is 13.5. The summed E-state index contributed by atoms with van der Waals surface area (Å²) in [5.41, 5.74) is 0.577. The van der Waals surface area contributed by atoms with Gasteiger partial charge in [-0.1, -0.05) is 12.1 Å². The number of aliphatic carboxylic acids is 1. The monoisotopic (exact) mass is 269 g/mol. The molecule has 0 aliphatic rings. The number of hydrogen-bond acceptors (Lipinski definition) is 4. The average Bonchev–Trinajstić information content (AvgIpc) is 2.36. The van der Waals surface area contributed by atoms with Crippen molar-refractivity contribution in [1.82, 2.24) is 0 Å². The van der Waals surface area contributed by atoms with E-state index in [-0.39, 0.29) is 11.7 Å². The highest BCUT2D eigenvalue weighted by molar-refractivity contribution is 8.01. The zero-order valence-corrected chi connectivity index (χ0v) is 11.0. The van der Waals surface area contributed by atoms with E-state index >= 15 is 0 Å². The number of thioether (sulfide) groups is 1. The number of hydrogen-bond donors (Lipinski definition) is 2. The molecule has 5 nitrogen and oxygen atoms in total. The summed E-state index contributed by atoms with van der Waals surface area (Å²) >= 11 is 1.07. The first-order valence-corrected chi connectivity index (χ1v) is 6.36. The molecular formula is C12H15NO4S. The third-order valence-corrected chi connectivity index (χ3v) is 3.32. The van der Waals surface area contributed by atoms with E-state index in [9.17, 15) is 9.59 Å². The zero-order valence-electron chi connectivity index (χ0n) is 10.2. The van der Waals surface area contributed by atoms with Crippen LogP contribution < -0.4 is 10.1 Å². The lowest BCUT2D eigenvalue weighted by Crippen LogP contribution is -2.19. The maximum absolute atomic E-state index is 11.6. The first kappa shape index (κ1) is 14.4. The summed E-state index contributed by atoms with van der Waals surface area (Å²) < 4.78 is 5.09. The van der Waals surface area contributed by atoms with Crippen LogP contribution in [0.5, 0.6) is 5.75 Å². The van der Waals surface area contributed by atoms with E-state index in [2.05, 4.69) is 5.32 Å². The molecule has 1 amide bonds. The van der Waals surface area contributed by atoms with Crippen molar-refractivity contribution in [2.45, 2.75) is 12.2 Å². The van der Waals surface area contributed by atoms with E-state index in [1.807, 2.05) is 0 Å². The standard InChI is InChI=1S/C12H15NO4S/c1-8(12(15)16)18-7-11(14)13-9-5-3-4-6-10(9)17-2/h3-6,8H,7H2,1-2H3,(H,13,14)(H,15,16). The Labute approximate surface area is 110 Å². The van der Waals surface area contributed by atoms with Crippen LogP contribution in [0.4, 0.5) is 5.69 Å². The van der Waals surface area contributed by atoms with Crippen molar-refractivity contribution in [3.05, 3.63) is 24.3 Å². The fourth-order valence-corrected chi connectivity index (χ4v) is 1.82. The third kappa shape index (κ3) is 4.29. The van der Waals surface area contributed by atoms with Crippen LogP contribution in [0.25, 0.3) is 0 Å². The van der Waals surface area contributed by atoms with Gasteiger partial charge < -0.3 is 15.2 Å². The maximum Gasteiger partial charge on any atom is 0.316 e. The Hall–Kier alpha value is -1.69. The highest BCUT2D eigenvalue weighted by atomic mass is 32.2. The Bertz CT molecular complexity index is 436. The molecule has 0 radical (unpaired) electrons. The van der Waals surface area contributed by atoms with Gasteiger partial charge in [-0.05, 0) is 19.1 Å². The lowest BCUT2D eigenvalue weighted by Gasteiger charge is -2.10. The van der Waals surface area contributed by atoms with Gasteiger partial charge in [-0.3, -0.25) is 9.59 Å². The van der Waals surface area contributed by atoms with Crippen molar-refractivity contribution in [2.24, 2.45) is 0 Å². The molecule has 6 heteroatoms. The van der Waals surface area contributed by atoms with E-state index in [0.29, 0.717) is 11.4 Å². The quantitative estimate of drug-likeness (QED) is 0.824. The van der Waals surface area contributed by atoms with Crippen molar-refractivity contribution < 1.29 is 19.4 Å². The van der Waals surface area contributed by atoms with Gasteiger partial charge in [0.2, 0.25) is 5.91 Å². The van der Waals surface area contributed by atoms with Crippen molar-refractivity contribution in [3.8, 4) is 5.75 Å². The summed E-state index contributed by atoms with van der Waals surface area (Å²) in [4.78, 5) is 22.2. The van der Waals surface area contributed by atoms with Gasteiger partial charge in [-0.2, -0.15) is 0 Å². The first-order valence-electron chi connectivity index (χ1n) is 5.32. The third-order valence-electron chi connectivity index (χ3n) is 2.19. The number of para-hydroxylation sites is 2. The molecule has 0 aliphatic heterocycles. The van der Waals surface area contributed by atoms with Crippen LogP contribution in [-0.2, 0) is 9.59 Å². The van der Waals surface area contributed by atoms with Crippen LogP contribution in [0, 0.1) is 0 Å². The Kier molecular flexibility index (Phi) is 5.51. The number of anilines is 1. The molecule has 0 spiro atoms. The number of rotatable bonds is 6. The van der Waals surface area contributed by atoms with Crippen LogP contribution in [0.2, 0.25) is 0 Å². The number of methoxy groups -OCH3 is 1. The van der Waals surface area contributed by atoms with E-state index in [4.69, 9.17) is 9.84 Å². The molecule has 98 valence electrons. The Morgan fingerprint density at radius 3 is 2.72 bits per heavy atom. The molecule has 0 bridgehead atoms. The Balaban J connectivity index is 2.52. The van der Waals surface area contributed by atoms with E-state index in [1.165, 1.54) is 7.11 Å². The van der Waals surface area contributed by atoms with Crippen LogP contribution in [0.3, 0.4) is 0 Å². The number of nitrogens with one attached hydrogen (secondary N) is 1. The summed E-state index contributed by atoms with van der Waals surface area (Å²) in [5, 5.41) is 10.8. The SMILES string of the molecule is COc1ccccc1NC(=O)CSC(C)C(=O)O. The van der Waals surface area contributed by atoms with Gasteiger partial charge >= 0.3 is 5.97 Å². The first-order chi connectivity index (χ1) is 8.54. The molecule has 0 saturated carbocycles. The predicted octanol–water partition coefficient (Wildman–Crippen LogP) is 1.84. The molecule has 0 heterocycles. The van der Waals surface area contributed by atoms with Gasteiger partial charge in [0.15, 0.2) is 0 Å². The van der Waals surface area contributed by atoms with Crippen molar-refractivity contribution in [2.75, 3.05) is 18.2 Å². The lowest BCUT2D eigenvalue weighted by atomic mass is 10.3. The van der Waals surface area contributed by atoms with E-state index < -0.39 is 11.2 Å². The molecule has 1 rings (SSSR count). The van der Waals surface area contributed by atoms with Crippen molar-refractivity contribution in [1.29, 1.82) is 0 Å². The number of benzene rings is 1. The minimum Gasteiger partial charge on any atom is -0.495 e. The number of ether oxygens (including phenoxy) is 1. The molecule has 1 aromatic rings. The minimum atomic E-state index is -0.926. The normalized spacial score (nSPS) is 11.7. The molecule has 1 unspecified atom stereocenters. The lowest BCUT2D eigenvalue weighted by molar-refractivity contribution is -0.136. The molecule has 18 heavy (non-hydrogen) atoms. The molecule has 1 aromatic carbocycles. The topological polar surface area (TPSA) is 75.6 Å². The fourth-order valence-electron chi connectivity index (χ4n) is 1.21. The Morgan fingerprint density at radius 2 is 2.11 bits per heavy atom. The smallest absolute Gasteiger partial charge is 0.316 e. The van der Waals surface area contributed by atoms with Crippen LogP contribution in [-0.4, -0.2) is 35.1 Å². The van der Waals surface area contributed by atoms with Gasteiger partial charge in [-0.25, -0.2) is 0 Å². The maximum atomic E-state index is 11.6. The molecular weight excluding hydrogens is 254 g/mol. The molecule has 0 aromatic heterocycles. The van der Waals surface area contributed by atoms with Gasteiger partial charge in [0.05, 0.1) is 23.8 Å². The molecule has 0 saturated heterocycles. The number of amides is 1. The fraction of sp³-hybridized carbons (Fsp3) is 0.333. The second-order valence-corrected chi connectivity index (χ2v) is 4.87. The summed E-state index contributed by atoms with van der Waals surface area (Å²) in [6.07, 6.45) is 0. The molecule has 0 fully saturated rings. The summed E-state index contributed by atoms with van der Waals surface area (Å²) in [6.45, 7) is 1.55. The molecule has 2 N–H and O–H groups in total. The summed E-state index contributed by atoms with van der Waals surface area (Å²) in [7, 11) is 1.52. The number of carbonyl (C=O) groups is 2. The molecule has 0 aliphatic carbocycles. The highest BCUT2D eigenvalue weighted by Gasteiger charge is 2.14. The van der Waals surface area contributed by atoms with Crippen molar-refractivity contribution in [3.63, 3.8) is 0 Å². The van der Waals surface area contributed by atoms with Crippen LogP contribution in [0.15, 0.2) is 24.3 Å². The summed E-state index contributed by atoms with van der Waals surface area (Å²) in [6, 6.07) is 7.05. The average molecular weight is 269 g/mol. The molecule has 1 atom stereocenters. The van der Waals surface area contributed by atoms with Gasteiger partial charge in [-0.15, -0.1) is 11.8 Å². The van der Waals surface area contributed by atoms with Gasteiger partial charge in [0, 0.05) is 0 Å².